The van der Waals surface area contributed by atoms with E-state index in [0.29, 0.717) is 5.16 Å². The Morgan fingerprint density at radius 2 is 1.62 bits per heavy atom. The number of rotatable bonds is 14. The minimum atomic E-state index is -0.170. The van der Waals surface area contributed by atoms with Crippen LogP contribution in [0.5, 0.6) is 0 Å². The second-order valence-corrected chi connectivity index (χ2v) is 10.5. The number of unbranched alkanes of at least 4 members (excludes halogenated alkanes) is 9. The molecule has 0 amide bonds. The maximum Gasteiger partial charge on any atom is 0.214 e. The second kappa shape index (κ2) is 12.8. The van der Waals surface area contributed by atoms with Gasteiger partial charge in [0.2, 0.25) is 5.16 Å². The van der Waals surface area contributed by atoms with E-state index in [4.69, 9.17) is 0 Å². The summed E-state index contributed by atoms with van der Waals surface area (Å²) in [6.45, 7) is 2.27. The number of carbonyl (C=O) groups excluding carboxylic acids is 1. The lowest BCUT2D eigenvalue weighted by atomic mass is 10.0. The van der Waals surface area contributed by atoms with Gasteiger partial charge in [0.1, 0.15) is 0 Å². The van der Waals surface area contributed by atoms with E-state index in [9.17, 15) is 4.79 Å². The third-order valence-corrected chi connectivity index (χ3v) is 7.77. The molecule has 4 rings (SSSR count). The number of hydrogen-bond donors (Lipinski definition) is 0. The summed E-state index contributed by atoms with van der Waals surface area (Å²) in [4.78, 5) is 13.0. The summed E-state index contributed by atoms with van der Waals surface area (Å²) in [6, 6.07) is 16.2. The first-order valence-corrected chi connectivity index (χ1v) is 13.8. The Kier molecular flexibility index (Phi) is 9.31. The van der Waals surface area contributed by atoms with Crippen molar-refractivity contribution >= 4 is 17.5 Å². The first-order chi connectivity index (χ1) is 16.8. The molecule has 1 aromatic heterocycles. The smallest absolute Gasteiger partial charge is 0.214 e. The normalized spacial score (nSPS) is 15.1. The summed E-state index contributed by atoms with van der Waals surface area (Å²) in [6.07, 6.45) is 15.4. The van der Waals surface area contributed by atoms with Crippen LogP contribution < -0.4 is 0 Å². The van der Waals surface area contributed by atoms with E-state index in [-0.39, 0.29) is 11.0 Å². The Bertz CT molecular complexity index is 1050. The number of aromatic nitrogens is 4. The van der Waals surface area contributed by atoms with Crippen LogP contribution in [0.1, 0.15) is 92.6 Å². The molecule has 0 fully saturated rings. The first kappa shape index (κ1) is 24.6. The number of hydrogen-bond acceptors (Lipinski definition) is 5. The Morgan fingerprint density at radius 1 is 0.912 bits per heavy atom. The predicted octanol–water partition coefficient (Wildman–Crippen LogP) is 7.03. The van der Waals surface area contributed by atoms with Gasteiger partial charge < -0.3 is 0 Å². The van der Waals surface area contributed by atoms with Gasteiger partial charge in [0.15, 0.2) is 5.78 Å². The van der Waals surface area contributed by atoms with Gasteiger partial charge in [-0.2, -0.15) is 4.68 Å². The number of thioether (sulfide) groups is 1. The highest BCUT2D eigenvalue weighted by Crippen LogP contribution is 2.34. The number of Topliss-reactive ketones (excluding diaryl/α,β-unsaturated/α-hetero) is 1. The average molecular weight is 477 g/mol. The number of ketones is 1. The fourth-order valence-corrected chi connectivity index (χ4v) is 5.78. The SMILES string of the molecule is CCCCCCCCCCCCc1ccc2c(c1)CC(Sc1nnnn1-c1ccccc1)C2=O. The molecule has 2 aromatic carbocycles. The van der Waals surface area contributed by atoms with E-state index in [1.165, 1.54) is 87.1 Å². The number of nitrogens with zero attached hydrogens (tertiary/aromatic N) is 4. The molecule has 180 valence electrons. The van der Waals surface area contributed by atoms with E-state index in [0.717, 1.165) is 24.1 Å². The highest BCUT2D eigenvalue weighted by atomic mass is 32.2. The summed E-state index contributed by atoms with van der Waals surface area (Å²) in [7, 11) is 0. The molecule has 0 bridgehead atoms. The molecule has 0 aliphatic heterocycles. The number of aryl methyl sites for hydroxylation is 1. The van der Waals surface area contributed by atoms with Gasteiger partial charge >= 0.3 is 0 Å². The maximum atomic E-state index is 13.0. The van der Waals surface area contributed by atoms with E-state index in [1.54, 1.807) is 4.68 Å². The summed E-state index contributed by atoms with van der Waals surface area (Å²) in [5, 5.41) is 12.6. The zero-order valence-corrected chi connectivity index (χ0v) is 21.1. The van der Waals surface area contributed by atoms with Crippen LogP contribution in [-0.4, -0.2) is 31.2 Å². The predicted molar refractivity (Wildman–Crippen MR) is 139 cm³/mol. The number of para-hydroxylation sites is 1. The van der Waals surface area contributed by atoms with Crippen LogP contribution in [0.25, 0.3) is 5.69 Å². The Labute approximate surface area is 207 Å². The van der Waals surface area contributed by atoms with E-state index in [1.807, 2.05) is 36.4 Å². The van der Waals surface area contributed by atoms with Crippen LogP contribution >= 0.6 is 11.8 Å². The number of fused-ring (bicyclic) bond motifs is 1. The molecule has 1 unspecified atom stereocenters. The van der Waals surface area contributed by atoms with Crippen molar-refractivity contribution in [1.29, 1.82) is 0 Å². The average Bonchev–Trinajstić information content (AvgIpc) is 3.45. The standard InChI is InChI=1S/C28H36N4OS/c1-2-3-4-5-6-7-8-9-10-12-15-22-18-19-25-23(20-22)21-26(27(25)33)34-28-29-30-31-32(28)24-16-13-11-14-17-24/h11,13-14,16-20,26H,2-10,12,15,21H2,1H3. The molecule has 34 heavy (non-hydrogen) atoms. The topological polar surface area (TPSA) is 60.7 Å². The molecule has 1 aliphatic carbocycles. The third-order valence-electron chi connectivity index (χ3n) is 6.64. The Balaban J connectivity index is 1.23. The zero-order valence-electron chi connectivity index (χ0n) is 20.3. The molecular weight excluding hydrogens is 440 g/mol. The fraction of sp³-hybridized carbons (Fsp3) is 0.500. The molecule has 0 N–H and O–H groups in total. The lowest BCUT2D eigenvalue weighted by Gasteiger charge is -2.07. The van der Waals surface area contributed by atoms with Gasteiger partial charge in [-0.15, -0.1) is 5.10 Å². The van der Waals surface area contributed by atoms with Crippen LogP contribution in [-0.2, 0) is 12.8 Å². The Morgan fingerprint density at radius 3 is 2.35 bits per heavy atom. The highest BCUT2D eigenvalue weighted by molar-refractivity contribution is 8.00. The summed E-state index contributed by atoms with van der Waals surface area (Å²) < 4.78 is 1.71. The number of tetrazole rings is 1. The molecule has 1 aliphatic rings. The van der Waals surface area contributed by atoms with Crippen molar-refractivity contribution in [2.24, 2.45) is 0 Å². The molecule has 0 spiro atoms. The van der Waals surface area contributed by atoms with Crippen LogP contribution in [0.4, 0.5) is 0 Å². The quantitative estimate of drug-likeness (QED) is 0.234. The lowest BCUT2D eigenvalue weighted by molar-refractivity contribution is 0.1000. The summed E-state index contributed by atoms with van der Waals surface area (Å²) in [5.41, 5.74) is 4.29. The molecule has 6 heteroatoms. The van der Waals surface area contributed by atoms with Crippen molar-refractivity contribution in [2.75, 3.05) is 0 Å². The Hall–Kier alpha value is -2.47. The van der Waals surface area contributed by atoms with Crippen molar-refractivity contribution in [3.05, 3.63) is 65.2 Å². The monoisotopic (exact) mass is 476 g/mol. The largest absolute Gasteiger partial charge is 0.293 e. The maximum absolute atomic E-state index is 13.0. The van der Waals surface area contributed by atoms with Crippen molar-refractivity contribution in [2.45, 2.75) is 94.4 Å². The second-order valence-electron chi connectivity index (χ2n) is 9.31. The van der Waals surface area contributed by atoms with Crippen LogP contribution in [0.3, 0.4) is 0 Å². The molecule has 1 atom stereocenters. The van der Waals surface area contributed by atoms with Crippen LogP contribution in [0, 0.1) is 0 Å². The van der Waals surface area contributed by atoms with E-state index in [2.05, 4.69) is 34.6 Å². The van der Waals surface area contributed by atoms with Crippen molar-refractivity contribution in [3.63, 3.8) is 0 Å². The fourth-order valence-electron chi connectivity index (χ4n) is 4.70. The number of carbonyl (C=O) groups is 1. The van der Waals surface area contributed by atoms with Gasteiger partial charge in [0, 0.05) is 5.56 Å². The molecular formula is C28H36N4OS. The molecule has 0 saturated carbocycles. The number of benzene rings is 2. The van der Waals surface area contributed by atoms with Gasteiger partial charge in [-0.3, -0.25) is 4.79 Å². The minimum Gasteiger partial charge on any atom is -0.293 e. The van der Waals surface area contributed by atoms with Crippen molar-refractivity contribution in [1.82, 2.24) is 20.2 Å². The molecule has 1 heterocycles. The van der Waals surface area contributed by atoms with E-state index >= 15 is 0 Å². The summed E-state index contributed by atoms with van der Waals surface area (Å²) in [5.74, 6) is 0.188. The van der Waals surface area contributed by atoms with Crippen molar-refractivity contribution in [3.8, 4) is 5.69 Å². The lowest BCUT2D eigenvalue weighted by Crippen LogP contribution is -2.13. The van der Waals surface area contributed by atoms with Gasteiger partial charge in [0.05, 0.1) is 10.9 Å². The molecule has 0 radical (unpaired) electrons. The van der Waals surface area contributed by atoms with Crippen LogP contribution in [0.15, 0.2) is 53.7 Å². The summed E-state index contributed by atoms with van der Waals surface area (Å²) >= 11 is 1.46. The minimum absolute atomic E-state index is 0.170. The molecule has 5 nitrogen and oxygen atoms in total. The van der Waals surface area contributed by atoms with Crippen LogP contribution in [0.2, 0.25) is 0 Å². The molecule has 0 saturated heterocycles. The first-order valence-electron chi connectivity index (χ1n) is 12.9. The zero-order chi connectivity index (χ0) is 23.6. The van der Waals surface area contributed by atoms with E-state index < -0.39 is 0 Å². The highest BCUT2D eigenvalue weighted by Gasteiger charge is 2.33. The third kappa shape index (κ3) is 6.56. The van der Waals surface area contributed by atoms with Crippen molar-refractivity contribution < 1.29 is 4.79 Å². The molecule has 3 aromatic rings. The van der Waals surface area contributed by atoms with Gasteiger partial charge in [-0.1, -0.05) is 113 Å². The van der Waals surface area contributed by atoms with Gasteiger partial charge in [-0.05, 0) is 52.9 Å². The van der Waals surface area contributed by atoms with Gasteiger partial charge in [0.25, 0.3) is 0 Å². The van der Waals surface area contributed by atoms with Gasteiger partial charge in [-0.25, -0.2) is 0 Å².